The number of rotatable bonds is 3. The molecule has 0 spiro atoms. The molecule has 4 unspecified atom stereocenters. The molecule has 27 heavy (non-hydrogen) atoms. The van der Waals surface area contributed by atoms with Crippen molar-refractivity contribution in [1.82, 2.24) is 0 Å². The molecule has 4 aliphatic carbocycles. The zero-order valence-corrected chi connectivity index (χ0v) is 17.9. The molecule has 1 N–H and O–H groups in total. The third-order valence-electron chi connectivity index (χ3n) is 10.2. The van der Waals surface area contributed by atoms with E-state index in [2.05, 4.69) is 20.8 Å². The summed E-state index contributed by atoms with van der Waals surface area (Å²) < 4.78 is 5.28. The maximum atomic E-state index is 11.2. The smallest absolute Gasteiger partial charge is 0.302 e. The molecular formula is C24H40O3. The van der Waals surface area contributed by atoms with Gasteiger partial charge in [-0.25, -0.2) is 0 Å². The van der Waals surface area contributed by atoms with Gasteiger partial charge in [-0.3, -0.25) is 4.79 Å². The Hall–Kier alpha value is -0.570. The van der Waals surface area contributed by atoms with Gasteiger partial charge in [0.2, 0.25) is 0 Å². The Kier molecular flexibility index (Phi) is 5.15. The van der Waals surface area contributed by atoms with E-state index < -0.39 is 0 Å². The van der Waals surface area contributed by atoms with Gasteiger partial charge in [-0.15, -0.1) is 0 Å². The normalized spacial score (nSPS) is 51.8. The molecule has 0 aromatic carbocycles. The summed E-state index contributed by atoms with van der Waals surface area (Å²) in [6.07, 6.45) is 11.1. The van der Waals surface area contributed by atoms with Crippen LogP contribution in [0.4, 0.5) is 0 Å². The number of hydrogen-bond acceptors (Lipinski definition) is 3. The van der Waals surface area contributed by atoms with Gasteiger partial charge in [0.1, 0.15) is 0 Å². The van der Waals surface area contributed by atoms with Crippen LogP contribution in [-0.2, 0) is 9.53 Å². The minimum atomic E-state index is -0.141. The Bertz CT molecular complexity index is 574. The van der Waals surface area contributed by atoms with E-state index in [1.54, 1.807) is 0 Å². The lowest BCUT2D eigenvalue weighted by molar-refractivity contribution is -0.153. The van der Waals surface area contributed by atoms with Crippen LogP contribution in [0.5, 0.6) is 0 Å². The maximum absolute atomic E-state index is 11.2. The molecule has 9 atom stereocenters. The summed E-state index contributed by atoms with van der Waals surface area (Å²) >= 11 is 0. The van der Waals surface area contributed by atoms with Crippen LogP contribution in [-0.4, -0.2) is 23.8 Å². The van der Waals surface area contributed by atoms with Crippen LogP contribution in [0.3, 0.4) is 0 Å². The summed E-state index contributed by atoms with van der Waals surface area (Å²) in [6, 6.07) is 0. The number of fused-ring (bicyclic) bond motifs is 5. The second-order valence-corrected chi connectivity index (χ2v) is 11.0. The molecule has 3 heteroatoms. The first kappa shape index (κ1) is 19.7. The van der Waals surface area contributed by atoms with E-state index in [0.717, 1.165) is 48.9 Å². The molecular weight excluding hydrogens is 336 g/mol. The molecule has 0 aromatic heterocycles. The van der Waals surface area contributed by atoms with E-state index in [0.29, 0.717) is 23.4 Å². The molecule has 154 valence electrons. The summed E-state index contributed by atoms with van der Waals surface area (Å²) in [5.41, 5.74) is 0.876. The summed E-state index contributed by atoms with van der Waals surface area (Å²) in [7, 11) is 0. The predicted molar refractivity (Wildman–Crippen MR) is 107 cm³/mol. The number of esters is 1. The van der Waals surface area contributed by atoms with Crippen LogP contribution in [0.2, 0.25) is 0 Å². The molecule has 0 radical (unpaired) electrons. The maximum Gasteiger partial charge on any atom is 0.302 e. The summed E-state index contributed by atoms with van der Waals surface area (Å²) in [4.78, 5) is 11.2. The zero-order chi connectivity index (χ0) is 19.4. The summed E-state index contributed by atoms with van der Waals surface area (Å²) in [5.74, 6) is 4.53. The van der Waals surface area contributed by atoms with Gasteiger partial charge in [0, 0.05) is 6.92 Å². The standard InChI is InChI=1S/C24H40O3/c1-15-13-19(26)14-18-5-7-20-21-8-6-17(10-12-27-16(2)25)23(21,3)11-9-22(20)24(15,18)4/h15,17-22,26H,5-14H2,1-4H3/t15?,17?,18?,19?,20-,21-,22+,23+,24-/m0/s1. The third kappa shape index (κ3) is 3.07. The van der Waals surface area contributed by atoms with Crippen molar-refractivity contribution in [3.05, 3.63) is 0 Å². The van der Waals surface area contributed by atoms with Gasteiger partial charge >= 0.3 is 5.97 Å². The lowest BCUT2D eigenvalue weighted by atomic mass is 9.42. The van der Waals surface area contributed by atoms with Gasteiger partial charge < -0.3 is 9.84 Å². The topological polar surface area (TPSA) is 46.5 Å². The highest BCUT2D eigenvalue weighted by Gasteiger charge is 2.61. The van der Waals surface area contributed by atoms with Crippen molar-refractivity contribution in [2.24, 2.45) is 46.3 Å². The van der Waals surface area contributed by atoms with Gasteiger partial charge in [-0.05, 0) is 104 Å². The quantitative estimate of drug-likeness (QED) is 0.688. The fourth-order valence-corrected chi connectivity index (χ4v) is 8.62. The highest BCUT2D eigenvalue weighted by atomic mass is 16.5. The molecule has 0 aromatic rings. The Morgan fingerprint density at radius 2 is 1.85 bits per heavy atom. The number of carbonyl (C=O) groups excluding carboxylic acids is 1. The number of carbonyl (C=O) groups is 1. The molecule has 0 saturated heterocycles. The number of hydrogen-bond donors (Lipinski definition) is 1. The first-order valence-electron chi connectivity index (χ1n) is 11.6. The molecule has 4 aliphatic rings. The van der Waals surface area contributed by atoms with Crippen LogP contribution < -0.4 is 0 Å². The Labute approximate surface area is 165 Å². The molecule has 4 fully saturated rings. The first-order chi connectivity index (χ1) is 12.8. The van der Waals surface area contributed by atoms with Crippen molar-refractivity contribution in [3.8, 4) is 0 Å². The van der Waals surface area contributed by atoms with Gasteiger partial charge in [0.05, 0.1) is 12.7 Å². The van der Waals surface area contributed by atoms with E-state index in [1.807, 2.05) is 0 Å². The Morgan fingerprint density at radius 1 is 1.07 bits per heavy atom. The highest BCUT2D eigenvalue weighted by Crippen LogP contribution is 2.68. The molecule has 4 saturated carbocycles. The fraction of sp³-hybridized carbons (Fsp3) is 0.958. The third-order valence-corrected chi connectivity index (χ3v) is 10.2. The van der Waals surface area contributed by atoms with E-state index in [9.17, 15) is 9.90 Å². The van der Waals surface area contributed by atoms with Crippen LogP contribution >= 0.6 is 0 Å². The molecule has 4 rings (SSSR count). The lowest BCUT2D eigenvalue weighted by Gasteiger charge is -2.63. The second kappa shape index (κ2) is 7.04. The van der Waals surface area contributed by atoms with E-state index in [1.165, 1.54) is 45.4 Å². The molecule has 0 amide bonds. The molecule has 3 nitrogen and oxygen atoms in total. The van der Waals surface area contributed by atoms with Crippen molar-refractivity contribution in [2.45, 2.75) is 91.6 Å². The summed E-state index contributed by atoms with van der Waals surface area (Å²) in [6.45, 7) is 9.68. The monoisotopic (exact) mass is 376 g/mol. The first-order valence-corrected chi connectivity index (χ1v) is 11.6. The van der Waals surface area contributed by atoms with E-state index in [4.69, 9.17) is 4.74 Å². The average molecular weight is 377 g/mol. The minimum Gasteiger partial charge on any atom is -0.466 e. The fourth-order valence-electron chi connectivity index (χ4n) is 8.62. The van der Waals surface area contributed by atoms with Crippen LogP contribution in [0.15, 0.2) is 0 Å². The highest BCUT2D eigenvalue weighted by molar-refractivity contribution is 5.65. The summed E-state index contributed by atoms with van der Waals surface area (Å²) in [5, 5.41) is 10.3. The van der Waals surface area contributed by atoms with Crippen LogP contribution in [0, 0.1) is 46.3 Å². The average Bonchev–Trinajstić information content (AvgIpc) is 2.93. The SMILES string of the molecule is CC(=O)OCCC1CC[C@H]2[C@@H]3CCC4CC(O)CC(C)[C@]4(C)[C@@H]3CC[C@]12C. The largest absolute Gasteiger partial charge is 0.466 e. The van der Waals surface area contributed by atoms with Gasteiger partial charge in [-0.2, -0.15) is 0 Å². The lowest BCUT2D eigenvalue weighted by Crippen LogP contribution is -2.56. The minimum absolute atomic E-state index is 0.0689. The van der Waals surface area contributed by atoms with Crippen molar-refractivity contribution < 1.29 is 14.6 Å². The number of aliphatic hydroxyl groups excluding tert-OH is 1. The van der Waals surface area contributed by atoms with Crippen molar-refractivity contribution in [3.63, 3.8) is 0 Å². The zero-order valence-electron chi connectivity index (χ0n) is 17.9. The van der Waals surface area contributed by atoms with Crippen molar-refractivity contribution in [1.29, 1.82) is 0 Å². The van der Waals surface area contributed by atoms with Crippen molar-refractivity contribution >= 4 is 5.97 Å². The van der Waals surface area contributed by atoms with Crippen molar-refractivity contribution in [2.75, 3.05) is 6.61 Å². The van der Waals surface area contributed by atoms with Crippen LogP contribution in [0.1, 0.15) is 85.5 Å². The van der Waals surface area contributed by atoms with Gasteiger partial charge in [-0.1, -0.05) is 20.8 Å². The van der Waals surface area contributed by atoms with Gasteiger partial charge in [0.15, 0.2) is 0 Å². The predicted octanol–water partition coefficient (Wildman–Crippen LogP) is 5.21. The van der Waals surface area contributed by atoms with E-state index in [-0.39, 0.29) is 12.1 Å². The molecule has 0 bridgehead atoms. The molecule has 0 aliphatic heterocycles. The number of aliphatic hydroxyl groups is 1. The van der Waals surface area contributed by atoms with Crippen LogP contribution in [0.25, 0.3) is 0 Å². The van der Waals surface area contributed by atoms with Gasteiger partial charge in [0.25, 0.3) is 0 Å². The molecule has 0 heterocycles. The number of ether oxygens (including phenoxy) is 1. The Morgan fingerprint density at radius 3 is 2.59 bits per heavy atom. The Balaban J connectivity index is 1.51. The van der Waals surface area contributed by atoms with E-state index >= 15 is 0 Å². The second-order valence-electron chi connectivity index (χ2n) is 11.0.